The van der Waals surface area contributed by atoms with Crippen molar-refractivity contribution in [2.24, 2.45) is 7.05 Å². The van der Waals surface area contributed by atoms with E-state index in [1.807, 2.05) is 0 Å². The number of aryl methyl sites for hydroxylation is 1. The predicted octanol–water partition coefficient (Wildman–Crippen LogP) is -0.0385. The molecule has 1 heterocycles. The summed E-state index contributed by atoms with van der Waals surface area (Å²) in [6.45, 7) is 1.80. The van der Waals surface area contributed by atoms with Crippen molar-refractivity contribution >= 4 is 23.4 Å². The van der Waals surface area contributed by atoms with Crippen LogP contribution < -0.4 is 29.6 Å². The van der Waals surface area contributed by atoms with Gasteiger partial charge in [0, 0.05) is 23.3 Å². The first-order valence-corrected chi connectivity index (χ1v) is 6.45. The number of carbonyl (C=O) groups is 2. The number of carbonyl (C=O) groups excluding carboxylic acids is 1. The molecule has 1 aromatic heterocycles. The van der Waals surface area contributed by atoms with Gasteiger partial charge in [-0.15, -0.1) is 0 Å². The first-order chi connectivity index (χ1) is 9.40. The van der Waals surface area contributed by atoms with E-state index in [2.05, 4.69) is 0 Å². The summed E-state index contributed by atoms with van der Waals surface area (Å²) < 4.78 is 1.64. The van der Waals surface area contributed by atoms with Crippen LogP contribution in [-0.4, -0.2) is 21.4 Å². The number of carboxylic acid groups (broad SMARTS) is 1. The summed E-state index contributed by atoms with van der Waals surface area (Å²) in [5.41, 5.74) is 2.40. The Morgan fingerprint density at radius 3 is 2.38 bits per heavy atom. The molecule has 106 valence electrons. The van der Waals surface area contributed by atoms with Gasteiger partial charge in [-0.05, 0) is 42.8 Å². The van der Waals surface area contributed by atoms with E-state index in [4.69, 9.17) is 16.7 Å². The van der Waals surface area contributed by atoms with E-state index in [1.54, 1.807) is 48.9 Å². The molecule has 0 spiro atoms. The number of aliphatic carboxylic acids is 1. The molecule has 2 aromatic rings. The average molecular weight is 316 g/mol. The zero-order valence-corrected chi connectivity index (χ0v) is 14.9. The largest absolute Gasteiger partial charge is 1.00 e. The molecule has 0 aliphatic rings. The van der Waals surface area contributed by atoms with Crippen molar-refractivity contribution in [3.05, 3.63) is 57.9 Å². The first-order valence-electron chi connectivity index (χ1n) is 6.07. The van der Waals surface area contributed by atoms with Gasteiger partial charge in [0.25, 0.3) is 0 Å². The van der Waals surface area contributed by atoms with Gasteiger partial charge >= 0.3 is 35.5 Å². The molecular weight excluding hydrogens is 301 g/mol. The maximum Gasteiger partial charge on any atom is 1.00 e. The van der Waals surface area contributed by atoms with Gasteiger partial charge in [0.1, 0.15) is 0 Å². The van der Waals surface area contributed by atoms with Gasteiger partial charge in [0.05, 0.1) is 12.1 Å². The molecule has 4 nitrogen and oxygen atoms in total. The van der Waals surface area contributed by atoms with Gasteiger partial charge in [-0.25, -0.2) is 0 Å². The second-order valence-corrected chi connectivity index (χ2v) is 5.07. The molecule has 1 aromatic carbocycles. The minimum atomic E-state index is -0.920. The Bertz CT molecular complexity index is 683. The Hall–Kier alpha value is -1.07. The molecule has 0 fully saturated rings. The second-order valence-electron chi connectivity index (χ2n) is 4.63. The van der Waals surface area contributed by atoms with Crippen molar-refractivity contribution in [1.82, 2.24) is 4.57 Å². The Morgan fingerprint density at radius 1 is 1.29 bits per heavy atom. The average Bonchev–Trinajstić information content (AvgIpc) is 2.64. The van der Waals surface area contributed by atoms with Crippen molar-refractivity contribution in [3.63, 3.8) is 0 Å². The second kappa shape index (κ2) is 7.27. The van der Waals surface area contributed by atoms with Crippen LogP contribution in [0.5, 0.6) is 0 Å². The van der Waals surface area contributed by atoms with Crippen LogP contribution in [0.4, 0.5) is 0 Å². The number of ketones is 1. The van der Waals surface area contributed by atoms with E-state index in [1.165, 1.54) is 0 Å². The quantitative estimate of drug-likeness (QED) is 0.636. The molecule has 2 rings (SSSR count). The smallest absolute Gasteiger partial charge is 1.00 e. The molecule has 0 saturated carbocycles. The molecule has 21 heavy (non-hydrogen) atoms. The number of carboxylic acids is 1. The summed E-state index contributed by atoms with van der Waals surface area (Å²) in [5, 5.41) is 9.43. The first kappa shape index (κ1) is 18.0. The number of benzene rings is 1. The number of hydrogen-bond acceptors (Lipinski definition) is 2. The van der Waals surface area contributed by atoms with E-state index in [0.29, 0.717) is 22.0 Å². The van der Waals surface area contributed by atoms with Crippen LogP contribution >= 0.6 is 11.6 Å². The van der Waals surface area contributed by atoms with Gasteiger partial charge in [-0.3, -0.25) is 9.59 Å². The minimum absolute atomic E-state index is 0. The number of nitrogens with zero attached hydrogens (tertiary/aromatic N) is 1. The number of hydrogen-bond donors (Lipinski definition) is 1. The maximum atomic E-state index is 12.5. The zero-order chi connectivity index (χ0) is 14.9. The van der Waals surface area contributed by atoms with Crippen LogP contribution in [0.25, 0.3) is 0 Å². The van der Waals surface area contributed by atoms with Crippen LogP contribution in [0.1, 0.15) is 28.7 Å². The summed E-state index contributed by atoms with van der Waals surface area (Å²) in [6.07, 6.45) is -0.106. The van der Waals surface area contributed by atoms with Crippen molar-refractivity contribution in [3.8, 4) is 0 Å². The normalized spacial score (nSPS) is 10.0. The molecule has 0 saturated heterocycles. The topological polar surface area (TPSA) is 59.3 Å². The third-order valence-electron chi connectivity index (χ3n) is 3.18. The Kier molecular flexibility index (Phi) is 6.23. The SMILES string of the molecule is Cc1cc(CC(=O)O)n(C)c1C(=O)c1ccc(Cl)cc1.[H-].[Na+]. The van der Waals surface area contributed by atoms with Crippen LogP contribution in [-0.2, 0) is 18.3 Å². The van der Waals surface area contributed by atoms with Crippen molar-refractivity contribution in [2.75, 3.05) is 0 Å². The summed E-state index contributed by atoms with van der Waals surface area (Å²) in [7, 11) is 1.70. The Balaban J connectivity index is 0.00000220. The van der Waals surface area contributed by atoms with E-state index >= 15 is 0 Å². The van der Waals surface area contributed by atoms with Crippen molar-refractivity contribution in [2.45, 2.75) is 13.3 Å². The fourth-order valence-corrected chi connectivity index (χ4v) is 2.34. The monoisotopic (exact) mass is 315 g/mol. The van der Waals surface area contributed by atoms with Crippen LogP contribution in [0.15, 0.2) is 30.3 Å². The van der Waals surface area contributed by atoms with Crippen LogP contribution in [0, 0.1) is 6.92 Å². The van der Waals surface area contributed by atoms with Gasteiger partial charge < -0.3 is 11.1 Å². The van der Waals surface area contributed by atoms with Crippen molar-refractivity contribution in [1.29, 1.82) is 0 Å². The number of halogens is 1. The van der Waals surface area contributed by atoms with E-state index in [0.717, 1.165) is 5.56 Å². The summed E-state index contributed by atoms with van der Waals surface area (Å²) >= 11 is 5.80. The minimum Gasteiger partial charge on any atom is -1.00 e. The summed E-state index contributed by atoms with van der Waals surface area (Å²) in [4.78, 5) is 23.3. The summed E-state index contributed by atoms with van der Waals surface area (Å²) in [6, 6.07) is 8.37. The third kappa shape index (κ3) is 3.98. The van der Waals surface area contributed by atoms with E-state index in [9.17, 15) is 9.59 Å². The Morgan fingerprint density at radius 2 is 1.86 bits per heavy atom. The molecular formula is C15H15ClNNaO3. The molecule has 0 amide bonds. The molecule has 0 radical (unpaired) electrons. The third-order valence-corrected chi connectivity index (χ3v) is 3.43. The zero-order valence-electron chi connectivity index (χ0n) is 13.2. The molecule has 0 aliphatic heterocycles. The molecule has 0 bridgehead atoms. The van der Waals surface area contributed by atoms with E-state index in [-0.39, 0.29) is 43.2 Å². The molecule has 0 atom stereocenters. The van der Waals surface area contributed by atoms with E-state index < -0.39 is 5.97 Å². The fourth-order valence-electron chi connectivity index (χ4n) is 2.22. The molecule has 1 N–H and O–H groups in total. The standard InChI is InChI=1S/C15H14ClNO3.Na.H/c1-9-7-12(8-13(18)19)17(2)14(9)15(20)10-3-5-11(16)6-4-10;;/h3-7H,8H2,1-2H3,(H,18,19);;/q;+1;-1. The number of rotatable bonds is 4. The summed E-state index contributed by atoms with van der Waals surface area (Å²) in [5.74, 6) is -1.06. The number of aromatic nitrogens is 1. The fraction of sp³-hybridized carbons (Fsp3) is 0.200. The van der Waals surface area contributed by atoms with Gasteiger partial charge in [0.2, 0.25) is 5.78 Å². The van der Waals surface area contributed by atoms with Gasteiger partial charge in [-0.1, -0.05) is 11.6 Å². The molecule has 0 unspecified atom stereocenters. The predicted molar refractivity (Wildman–Crippen MR) is 77.5 cm³/mol. The Labute approximate surface area is 151 Å². The van der Waals surface area contributed by atoms with Gasteiger partial charge in [0.15, 0.2) is 0 Å². The van der Waals surface area contributed by atoms with Crippen molar-refractivity contribution < 1.29 is 45.7 Å². The molecule has 0 aliphatic carbocycles. The maximum absolute atomic E-state index is 12.5. The van der Waals surface area contributed by atoms with Crippen LogP contribution in [0.3, 0.4) is 0 Å². The van der Waals surface area contributed by atoms with Gasteiger partial charge in [-0.2, -0.15) is 0 Å². The molecule has 6 heteroatoms. The van der Waals surface area contributed by atoms with Crippen LogP contribution in [0.2, 0.25) is 5.02 Å².